The van der Waals surface area contributed by atoms with Crippen LogP contribution in [0, 0.1) is 0 Å². The monoisotopic (exact) mass is 269 g/mol. The molecule has 1 fully saturated rings. The van der Waals surface area contributed by atoms with E-state index in [1.165, 1.54) is 32.1 Å². The topological polar surface area (TPSA) is 71.6 Å². The molecule has 0 amide bonds. The highest BCUT2D eigenvalue weighted by Gasteiger charge is 2.22. The van der Waals surface area contributed by atoms with E-state index in [9.17, 15) is 5.11 Å². The first-order chi connectivity index (χ1) is 9.33. The molecular weight excluding hydrogens is 246 g/mol. The number of hydrogen-bond acceptors (Lipinski definition) is 6. The number of hydrogen-bond donors (Lipinski definition) is 1. The van der Waals surface area contributed by atoms with Crippen molar-refractivity contribution in [1.29, 1.82) is 0 Å². The summed E-state index contributed by atoms with van der Waals surface area (Å²) in [6, 6.07) is 0.533. The fourth-order valence-electron chi connectivity index (χ4n) is 2.68. The van der Waals surface area contributed by atoms with E-state index in [0.29, 0.717) is 37.5 Å². The van der Waals surface area contributed by atoms with Crippen molar-refractivity contribution < 1.29 is 14.4 Å². The predicted octanol–water partition coefficient (Wildman–Crippen LogP) is 1.34. The number of aliphatic hydroxyl groups is 1. The maximum atomic E-state index is 9.21. The van der Waals surface area contributed by atoms with Crippen molar-refractivity contribution in [2.75, 3.05) is 20.3 Å². The number of ether oxygens (including phenoxy) is 1. The minimum absolute atomic E-state index is 0.166. The van der Waals surface area contributed by atoms with Crippen molar-refractivity contribution >= 4 is 0 Å². The lowest BCUT2D eigenvalue weighted by atomic mass is 9.94. The smallest absolute Gasteiger partial charge is 0.252 e. The average molecular weight is 269 g/mol. The first kappa shape index (κ1) is 14.4. The van der Waals surface area contributed by atoms with Crippen LogP contribution < -0.4 is 0 Å². The van der Waals surface area contributed by atoms with E-state index in [2.05, 4.69) is 15.0 Å². The largest absolute Gasteiger partial charge is 0.395 e. The van der Waals surface area contributed by atoms with Crippen molar-refractivity contribution in [3.05, 3.63) is 11.7 Å². The lowest BCUT2D eigenvalue weighted by Crippen LogP contribution is -2.38. The SMILES string of the molecule is COCc1nc(CN(CCO)C2CCCCC2)no1. The van der Waals surface area contributed by atoms with Gasteiger partial charge in [0.15, 0.2) is 5.82 Å². The van der Waals surface area contributed by atoms with Crippen LogP contribution in [0.3, 0.4) is 0 Å². The Morgan fingerprint density at radius 1 is 1.37 bits per heavy atom. The van der Waals surface area contributed by atoms with E-state index in [0.717, 1.165) is 0 Å². The van der Waals surface area contributed by atoms with Crippen molar-refractivity contribution in [1.82, 2.24) is 15.0 Å². The normalized spacial score (nSPS) is 17.2. The van der Waals surface area contributed by atoms with Crippen LogP contribution in [0.15, 0.2) is 4.52 Å². The molecule has 6 heteroatoms. The number of methoxy groups -OCH3 is 1. The van der Waals surface area contributed by atoms with Crippen LogP contribution in [0.2, 0.25) is 0 Å². The van der Waals surface area contributed by atoms with Gasteiger partial charge in [0.2, 0.25) is 0 Å². The summed E-state index contributed by atoms with van der Waals surface area (Å²) < 4.78 is 10.1. The van der Waals surface area contributed by atoms with Gasteiger partial charge in [0, 0.05) is 19.7 Å². The number of aliphatic hydroxyl groups excluding tert-OH is 1. The first-order valence-electron chi connectivity index (χ1n) is 6.98. The Balaban J connectivity index is 1.94. The Morgan fingerprint density at radius 3 is 2.84 bits per heavy atom. The van der Waals surface area contributed by atoms with Gasteiger partial charge >= 0.3 is 0 Å². The summed E-state index contributed by atoms with van der Waals surface area (Å²) in [5, 5.41) is 13.2. The molecule has 1 aliphatic rings. The van der Waals surface area contributed by atoms with Gasteiger partial charge in [0.1, 0.15) is 6.61 Å². The molecule has 0 aromatic carbocycles. The minimum Gasteiger partial charge on any atom is -0.395 e. The van der Waals surface area contributed by atoms with Gasteiger partial charge < -0.3 is 14.4 Å². The zero-order chi connectivity index (χ0) is 13.5. The Kier molecular flexibility index (Phi) is 5.75. The zero-order valence-electron chi connectivity index (χ0n) is 11.5. The molecule has 1 heterocycles. The van der Waals surface area contributed by atoms with Crippen LogP contribution in [-0.4, -0.2) is 46.5 Å². The molecule has 0 saturated heterocycles. The number of aromatic nitrogens is 2. The standard InChI is InChI=1S/C13H23N3O3/c1-18-10-13-14-12(15-19-13)9-16(7-8-17)11-5-3-2-4-6-11/h11,17H,2-10H2,1H3. The fourth-order valence-corrected chi connectivity index (χ4v) is 2.68. The Morgan fingerprint density at radius 2 is 2.16 bits per heavy atom. The van der Waals surface area contributed by atoms with E-state index in [-0.39, 0.29) is 6.61 Å². The van der Waals surface area contributed by atoms with E-state index in [4.69, 9.17) is 9.26 Å². The average Bonchev–Trinajstić information content (AvgIpc) is 2.87. The summed E-state index contributed by atoms with van der Waals surface area (Å²) in [6.45, 7) is 1.81. The summed E-state index contributed by atoms with van der Waals surface area (Å²) in [7, 11) is 1.60. The quantitative estimate of drug-likeness (QED) is 0.805. The van der Waals surface area contributed by atoms with Crippen LogP contribution >= 0.6 is 0 Å². The molecule has 0 atom stereocenters. The van der Waals surface area contributed by atoms with Gasteiger partial charge in [0.25, 0.3) is 5.89 Å². The van der Waals surface area contributed by atoms with E-state index in [1.807, 2.05) is 0 Å². The summed E-state index contributed by atoms with van der Waals surface area (Å²) in [5.74, 6) is 1.18. The Bertz CT molecular complexity index is 364. The first-order valence-corrected chi connectivity index (χ1v) is 6.98. The highest BCUT2D eigenvalue weighted by atomic mass is 16.5. The van der Waals surface area contributed by atoms with Crippen molar-refractivity contribution in [2.24, 2.45) is 0 Å². The minimum atomic E-state index is 0.166. The van der Waals surface area contributed by atoms with Crippen molar-refractivity contribution in [3.63, 3.8) is 0 Å². The van der Waals surface area contributed by atoms with Crippen LogP contribution in [0.5, 0.6) is 0 Å². The summed E-state index contributed by atoms with van der Waals surface area (Å²) in [4.78, 5) is 6.56. The Labute approximate surface area is 113 Å². The molecule has 6 nitrogen and oxygen atoms in total. The summed E-state index contributed by atoms with van der Waals surface area (Å²) >= 11 is 0. The van der Waals surface area contributed by atoms with E-state index in [1.54, 1.807) is 7.11 Å². The van der Waals surface area contributed by atoms with Crippen molar-refractivity contribution in [2.45, 2.75) is 51.3 Å². The molecule has 1 saturated carbocycles. The molecule has 1 aromatic heterocycles. The Hall–Kier alpha value is -0.980. The highest BCUT2D eigenvalue weighted by molar-refractivity contribution is 4.87. The third-order valence-electron chi connectivity index (χ3n) is 3.60. The summed E-state index contributed by atoms with van der Waals surface area (Å²) in [6.07, 6.45) is 6.26. The molecule has 108 valence electrons. The van der Waals surface area contributed by atoms with Gasteiger partial charge in [-0.3, -0.25) is 4.90 Å². The molecule has 1 aromatic rings. The van der Waals surface area contributed by atoms with Crippen LogP contribution in [0.1, 0.15) is 43.8 Å². The van der Waals surface area contributed by atoms with Gasteiger partial charge in [-0.15, -0.1) is 0 Å². The van der Waals surface area contributed by atoms with Crippen LogP contribution in [0.25, 0.3) is 0 Å². The van der Waals surface area contributed by atoms with Gasteiger partial charge in [-0.05, 0) is 12.8 Å². The molecular formula is C13H23N3O3. The van der Waals surface area contributed by atoms with Crippen molar-refractivity contribution in [3.8, 4) is 0 Å². The lowest BCUT2D eigenvalue weighted by molar-refractivity contribution is 0.113. The van der Waals surface area contributed by atoms with Gasteiger partial charge in [-0.2, -0.15) is 4.98 Å². The fraction of sp³-hybridized carbons (Fsp3) is 0.846. The molecule has 0 unspecified atom stereocenters. The maximum Gasteiger partial charge on any atom is 0.252 e. The predicted molar refractivity (Wildman–Crippen MR) is 69.4 cm³/mol. The van der Waals surface area contributed by atoms with Gasteiger partial charge in [-0.1, -0.05) is 24.4 Å². The lowest BCUT2D eigenvalue weighted by Gasteiger charge is -2.32. The third-order valence-corrected chi connectivity index (χ3v) is 3.60. The van der Waals surface area contributed by atoms with Crippen LogP contribution in [0.4, 0.5) is 0 Å². The molecule has 0 bridgehead atoms. The number of nitrogens with zero attached hydrogens (tertiary/aromatic N) is 3. The molecule has 0 aliphatic heterocycles. The number of rotatable bonds is 7. The van der Waals surface area contributed by atoms with E-state index >= 15 is 0 Å². The molecule has 1 aliphatic carbocycles. The zero-order valence-corrected chi connectivity index (χ0v) is 11.5. The molecule has 1 N–H and O–H groups in total. The second-order valence-electron chi connectivity index (χ2n) is 5.02. The second kappa shape index (κ2) is 7.57. The molecule has 2 rings (SSSR count). The van der Waals surface area contributed by atoms with Gasteiger partial charge in [-0.25, -0.2) is 0 Å². The van der Waals surface area contributed by atoms with E-state index < -0.39 is 0 Å². The molecule has 19 heavy (non-hydrogen) atoms. The summed E-state index contributed by atoms with van der Waals surface area (Å²) in [5.41, 5.74) is 0. The molecule has 0 radical (unpaired) electrons. The third kappa shape index (κ3) is 4.26. The highest BCUT2D eigenvalue weighted by Crippen LogP contribution is 2.23. The molecule has 0 spiro atoms. The van der Waals surface area contributed by atoms with Gasteiger partial charge in [0.05, 0.1) is 13.2 Å². The maximum absolute atomic E-state index is 9.21. The van der Waals surface area contributed by atoms with Crippen LogP contribution in [-0.2, 0) is 17.9 Å². The second-order valence-corrected chi connectivity index (χ2v) is 5.02.